The first-order chi connectivity index (χ1) is 5.81. The molecule has 0 bridgehead atoms. The van der Waals surface area contributed by atoms with Gasteiger partial charge in [0.05, 0.1) is 7.11 Å². The molecule has 1 N–H and O–H groups in total. The van der Waals surface area contributed by atoms with Crippen LogP contribution in [0, 0.1) is 6.92 Å². The average molecular weight is 163 g/mol. The van der Waals surface area contributed by atoms with Crippen molar-refractivity contribution in [2.75, 3.05) is 7.11 Å². The van der Waals surface area contributed by atoms with Gasteiger partial charge in [-0.2, -0.15) is 4.98 Å². The second kappa shape index (κ2) is 2.48. The van der Waals surface area contributed by atoms with Gasteiger partial charge in [-0.3, -0.25) is 0 Å². The first-order valence-corrected chi connectivity index (χ1v) is 3.66. The van der Waals surface area contributed by atoms with Crippen molar-refractivity contribution >= 4 is 11.0 Å². The molecule has 0 saturated carbocycles. The van der Waals surface area contributed by atoms with E-state index in [-0.39, 0.29) is 0 Å². The van der Waals surface area contributed by atoms with Gasteiger partial charge in [-0.15, -0.1) is 0 Å². The topological polar surface area (TPSA) is 50.8 Å². The fourth-order valence-corrected chi connectivity index (χ4v) is 1.12. The van der Waals surface area contributed by atoms with E-state index >= 15 is 0 Å². The number of H-pyrrole nitrogens is 1. The zero-order valence-electron chi connectivity index (χ0n) is 6.96. The molecule has 0 aromatic carbocycles. The lowest BCUT2D eigenvalue weighted by atomic mass is 10.3. The third-order valence-electron chi connectivity index (χ3n) is 1.80. The first kappa shape index (κ1) is 7.09. The molecular formula is C8H9N3O. The number of aromatic amines is 1. The van der Waals surface area contributed by atoms with Gasteiger partial charge in [0.1, 0.15) is 5.65 Å². The number of methoxy groups -OCH3 is 1. The normalized spacial score (nSPS) is 10.5. The van der Waals surface area contributed by atoms with Crippen molar-refractivity contribution in [2.24, 2.45) is 0 Å². The summed E-state index contributed by atoms with van der Waals surface area (Å²) in [6.07, 6.45) is 3.66. The van der Waals surface area contributed by atoms with Crippen LogP contribution in [0.1, 0.15) is 5.56 Å². The highest BCUT2D eigenvalue weighted by Crippen LogP contribution is 2.15. The van der Waals surface area contributed by atoms with Gasteiger partial charge < -0.3 is 9.72 Å². The van der Waals surface area contributed by atoms with Crippen molar-refractivity contribution in [1.82, 2.24) is 15.0 Å². The molecule has 0 spiro atoms. The Labute approximate surface area is 69.6 Å². The summed E-state index contributed by atoms with van der Waals surface area (Å²) in [5.74, 6) is 0. The Morgan fingerprint density at radius 1 is 1.50 bits per heavy atom. The van der Waals surface area contributed by atoms with Crippen LogP contribution in [0.5, 0.6) is 6.01 Å². The molecule has 0 atom stereocenters. The molecule has 0 aliphatic rings. The molecule has 0 radical (unpaired) electrons. The molecule has 2 heterocycles. The molecule has 0 aliphatic heterocycles. The lowest BCUT2D eigenvalue weighted by Gasteiger charge is -1.95. The summed E-state index contributed by atoms with van der Waals surface area (Å²) in [7, 11) is 1.55. The van der Waals surface area contributed by atoms with Gasteiger partial charge in [-0.05, 0) is 12.5 Å². The van der Waals surface area contributed by atoms with E-state index < -0.39 is 0 Å². The smallest absolute Gasteiger partial charge is 0.318 e. The summed E-state index contributed by atoms with van der Waals surface area (Å²) in [4.78, 5) is 11.2. The summed E-state index contributed by atoms with van der Waals surface area (Å²) >= 11 is 0. The monoisotopic (exact) mass is 163 g/mol. The van der Waals surface area contributed by atoms with Crippen LogP contribution in [0.25, 0.3) is 11.0 Å². The van der Waals surface area contributed by atoms with Crippen LogP contribution in [0.4, 0.5) is 0 Å². The third kappa shape index (κ3) is 0.922. The van der Waals surface area contributed by atoms with Crippen molar-refractivity contribution in [2.45, 2.75) is 6.92 Å². The summed E-state index contributed by atoms with van der Waals surface area (Å²) in [5, 5.41) is 1.04. The second-order valence-corrected chi connectivity index (χ2v) is 2.59. The number of hydrogen-bond acceptors (Lipinski definition) is 3. The van der Waals surface area contributed by atoms with Crippen LogP contribution in [0.15, 0.2) is 12.4 Å². The Morgan fingerprint density at radius 2 is 2.33 bits per heavy atom. The molecule has 12 heavy (non-hydrogen) atoms. The molecule has 4 heteroatoms. The van der Waals surface area contributed by atoms with E-state index in [1.54, 1.807) is 13.3 Å². The van der Waals surface area contributed by atoms with Gasteiger partial charge in [0.25, 0.3) is 0 Å². The number of ether oxygens (including phenoxy) is 1. The van der Waals surface area contributed by atoms with Gasteiger partial charge in [-0.1, -0.05) is 0 Å². The number of rotatable bonds is 1. The molecule has 2 aromatic rings. The lowest BCUT2D eigenvalue weighted by Crippen LogP contribution is -1.90. The standard InChI is InChI=1S/C8H9N3O/c1-5-3-9-7-6(5)4-10-8(11-7)12-2/h3-4H,1-2H3,(H,9,10,11). The molecule has 4 nitrogen and oxygen atoms in total. The number of aromatic nitrogens is 3. The SMILES string of the molecule is COc1ncc2c(C)c[nH]c2n1. The minimum absolute atomic E-state index is 0.393. The molecule has 2 rings (SSSR count). The van der Waals surface area contributed by atoms with Crippen LogP contribution in [-0.4, -0.2) is 22.1 Å². The summed E-state index contributed by atoms with van der Waals surface area (Å²) in [6, 6.07) is 0.393. The van der Waals surface area contributed by atoms with Crippen LogP contribution < -0.4 is 4.74 Å². The average Bonchev–Trinajstić information content (AvgIpc) is 2.47. The number of hydrogen-bond donors (Lipinski definition) is 1. The molecule has 0 fully saturated rings. The Hall–Kier alpha value is -1.58. The van der Waals surface area contributed by atoms with E-state index in [0.717, 1.165) is 16.6 Å². The first-order valence-electron chi connectivity index (χ1n) is 3.66. The molecule has 2 aromatic heterocycles. The zero-order valence-corrected chi connectivity index (χ0v) is 6.96. The number of fused-ring (bicyclic) bond motifs is 1. The summed E-state index contributed by atoms with van der Waals surface area (Å²) < 4.78 is 4.89. The predicted octanol–water partition coefficient (Wildman–Crippen LogP) is 1.27. The molecule has 62 valence electrons. The van der Waals surface area contributed by atoms with Gasteiger partial charge in [0.2, 0.25) is 0 Å². The minimum Gasteiger partial charge on any atom is -0.467 e. The second-order valence-electron chi connectivity index (χ2n) is 2.59. The fraction of sp³-hybridized carbons (Fsp3) is 0.250. The van der Waals surface area contributed by atoms with E-state index in [4.69, 9.17) is 4.74 Å². The molecule has 0 saturated heterocycles. The molecule has 0 unspecified atom stereocenters. The van der Waals surface area contributed by atoms with Crippen molar-refractivity contribution in [3.63, 3.8) is 0 Å². The molecular weight excluding hydrogens is 154 g/mol. The Balaban J connectivity index is 2.69. The van der Waals surface area contributed by atoms with Crippen LogP contribution in [0.2, 0.25) is 0 Å². The van der Waals surface area contributed by atoms with E-state index in [9.17, 15) is 0 Å². The fourth-order valence-electron chi connectivity index (χ4n) is 1.12. The Kier molecular flexibility index (Phi) is 1.46. The largest absolute Gasteiger partial charge is 0.467 e. The number of nitrogens with zero attached hydrogens (tertiary/aromatic N) is 2. The van der Waals surface area contributed by atoms with E-state index in [0.29, 0.717) is 6.01 Å². The number of nitrogens with one attached hydrogen (secondary N) is 1. The number of aryl methyl sites for hydroxylation is 1. The highest BCUT2D eigenvalue weighted by Gasteiger charge is 2.02. The Bertz CT molecular complexity index is 408. The maximum Gasteiger partial charge on any atom is 0.318 e. The minimum atomic E-state index is 0.393. The Morgan fingerprint density at radius 3 is 3.08 bits per heavy atom. The quantitative estimate of drug-likeness (QED) is 0.688. The van der Waals surface area contributed by atoms with E-state index in [1.165, 1.54) is 0 Å². The van der Waals surface area contributed by atoms with E-state index in [1.807, 2.05) is 13.1 Å². The van der Waals surface area contributed by atoms with Gasteiger partial charge in [-0.25, -0.2) is 4.98 Å². The summed E-state index contributed by atoms with van der Waals surface area (Å²) in [5.41, 5.74) is 1.96. The van der Waals surface area contributed by atoms with Crippen molar-refractivity contribution in [3.05, 3.63) is 18.0 Å². The zero-order chi connectivity index (χ0) is 8.55. The van der Waals surface area contributed by atoms with Gasteiger partial charge in [0, 0.05) is 17.8 Å². The maximum absolute atomic E-state index is 4.89. The van der Waals surface area contributed by atoms with Crippen molar-refractivity contribution in [3.8, 4) is 6.01 Å². The van der Waals surface area contributed by atoms with Gasteiger partial charge in [0.15, 0.2) is 0 Å². The maximum atomic E-state index is 4.89. The predicted molar refractivity (Wildman–Crippen MR) is 45.2 cm³/mol. The van der Waals surface area contributed by atoms with E-state index in [2.05, 4.69) is 15.0 Å². The van der Waals surface area contributed by atoms with Crippen LogP contribution in [0.3, 0.4) is 0 Å². The van der Waals surface area contributed by atoms with Crippen LogP contribution in [-0.2, 0) is 0 Å². The highest BCUT2D eigenvalue weighted by atomic mass is 16.5. The van der Waals surface area contributed by atoms with Crippen LogP contribution >= 0.6 is 0 Å². The third-order valence-corrected chi connectivity index (χ3v) is 1.80. The van der Waals surface area contributed by atoms with Crippen molar-refractivity contribution in [1.29, 1.82) is 0 Å². The molecule has 0 aliphatic carbocycles. The van der Waals surface area contributed by atoms with Crippen molar-refractivity contribution < 1.29 is 4.74 Å². The lowest BCUT2D eigenvalue weighted by molar-refractivity contribution is 0.381. The highest BCUT2D eigenvalue weighted by molar-refractivity contribution is 5.78. The molecule has 0 amide bonds. The van der Waals surface area contributed by atoms with Gasteiger partial charge >= 0.3 is 6.01 Å². The summed E-state index contributed by atoms with van der Waals surface area (Å²) in [6.45, 7) is 2.01.